The van der Waals surface area contributed by atoms with E-state index in [2.05, 4.69) is 39.5 Å². The number of piperidine rings is 1. The molecular formula is C18H33NO. The fraction of sp³-hybridized carbons (Fsp3) is 0.944. The topological polar surface area (TPSA) is 20.3 Å². The average Bonchev–Trinajstić information content (AvgIpc) is 2.37. The Morgan fingerprint density at radius 1 is 1.00 bits per heavy atom. The molecule has 0 aromatic rings. The van der Waals surface area contributed by atoms with Crippen molar-refractivity contribution < 1.29 is 4.79 Å². The molecule has 0 N–H and O–H groups in total. The standard InChI is InChI=1S/C18H33NO/c1-12(2)16-10-9-13(3)11-17(16)18(20)19-14(4)7-6-8-15(19)5/h12-17H,6-11H2,1-5H3. The molecule has 2 nitrogen and oxygen atoms in total. The highest BCUT2D eigenvalue weighted by Crippen LogP contribution is 2.40. The van der Waals surface area contributed by atoms with Gasteiger partial charge in [0, 0.05) is 18.0 Å². The van der Waals surface area contributed by atoms with E-state index in [9.17, 15) is 4.79 Å². The Hall–Kier alpha value is -0.530. The van der Waals surface area contributed by atoms with Crippen molar-refractivity contribution in [3.63, 3.8) is 0 Å². The molecule has 1 heterocycles. The van der Waals surface area contributed by atoms with Gasteiger partial charge in [0.15, 0.2) is 0 Å². The maximum Gasteiger partial charge on any atom is 0.226 e. The van der Waals surface area contributed by atoms with Gasteiger partial charge < -0.3 is 4.90 Å². The van der Waals surface area contributed by atoms with Crippen molar-refractivity contribution in [1.82, 2.24) is 4.90 Å². The second kappa shape index (κ2) is 6.49. The number of amides is 1. The smallest absolute Gasteiger partial charge is 0.226 e. The minimum Gasteiger partial charge on any atom is -0.337 e. The molecule has 0 spiro atoms. The summed E-state index contributed by atoms with van der Waals surface area (Å²) in [6.07, 6.45) is 7.30. The molecule has 0 aromatic carbocycles. The third-order valence-electron chi connectivity index (χ3n) is 5.79. The number of hydrogen-bond acceptors (Lipinski definition) is 1. The van der Waals surface area contributed by atoms with Crippen molar-refractivity contribution in [3.8, 4) is 0 Å². The van der Waals surface area contributed by atoms with Gasteiger partial charge in [-0.05, 0) is 63.7 Å². The van der Waals surface area contributed by atoms with Crippen LogP contribution in [-0.4, -0.2) is 22.9 Å². The van der Waals surface area contributed by atoms with Gasteiger partial charge in [-0.25, -0.2) is 0 Å². The summed E-state index contributed by atoms with van der Waals surface area (Å²) in [6, 6.07) is 0.882. The molecule has 2 heteroatoms. The van der Waals surface area contributed by atoms with E-state index in [0.29, 0.717) is 35.7 Å². The van der Waals surface area contributed by atoms with Gasteiger partial charge >= 0.3 is 0 Å². The maximum absolute atomic E-state index is 13.2. The third-order valence-corrected chi connectivity index (χ3v) is 5.79. The van der Waals surface area contributed by atoms with E-state index in [1.54, 1.807) is 0 Å². The molecule has 1 amide bonds. The molecule has 2 aliphatic rings. The minimum atomic E-state index is 0.279. The SMILES string of the molecule is CC1CCC(C(C)C)C(C(=O)N2C(C)CCCC2C)C1. The third kappa shape index (κ3) is 3.20. The molecule has 5 unspecified atom stereocenters. The summed E-state index contributed by atoms with van der Waals surface area (Å²) in [6.45, 7) is 11.4. The van der Waals surface area contributed by atoms with Crippen LogP contribution in [0.25, 0.3) is 0 Å². The second-order valence-corrected chi connectivity index (χ2v) is 7.81. The molecule has 0 radical (unpaired) electrons. The predicted octanol–water partition coefficient (Wildman–Crippen LogP) is 4.48. The molecule has 1 aliphatic heterocycles. The summed E-state index contributed by atoms with van der Waals surface area (Å²) in [7, 11) is 0. The molecular weight excluding hydrogens is 246 g/mol. The molecule has 20 heavy (non-hydrogen) atoms. The van der Waals surface area contributed by atoms with Crippen molar-refractivity contribution in [2.24, 2.45) is 23.7 Å². The highest BCUT2D eigenvalue weighted by atomic mass is 16.2. The van der Waals surface area contributed by atoms with Gasteiger partial charge in [-0.3, -0.25) is 4.79 Å². The van der Waals surface area contributed by atoms with Gasteiger partial charge in [-0.2, -0.15) is 0 Å². The van der Waals surface area contributed by atoms with Crippen LogP contribution in [0.5, 0.6) is 0 Å². The van der Waals surface area contributed by atoms with Crippen molar-refractivity contribution in [1.29, 1.82) is 0 Å². The van der Waals surface area contributed by atoms with E-state index in [0.717, 1.165) is 6.42 Å². The Balaban J connectivity index is 2.15. The van der Waals surface area contributed by atoms with Crippen LogP contribution in [0.2, 0.25) is 0 Å². The maximum atomic E-state index is 13.2. The molecule has 116 valence electrons. The highest BCUT2D eigenvalue weighted by Gasteiger charge is 2.40. The summed E-state index contributed by atoms with van der Waals surface area (Å²) in [5, 5.41) is 0. The quantitative estimate of drug-likeness (QED) is 0.729. The highest BCUT2D eigenvalue weighted by molar-refractivity contribution is 5.80. The first-order chi connectivity index (χ1) is 9.41. The van der Waals surface area contributed by atoms with Crippen molar-refractivity contribution >= 4 is 5.91 Å². The Labute approximate surface area is 125 Å². The van der Waals surface area contributed by atoms with Gasteiger partial charge in [0.2, 0.25) is 5.91 Å². The number of carbonyl (C=O) groups excluding carboxylic acids is 1. The summed E-state index contributed by atoms with van der Waals surface area (Å²) in [4.78, 5) is 15.4. The number of carbonyl (C=O) groups is 1. The van der Waals surface area contributed by atoms with Crippen LogP contribution in [0.3, 0.4) is 0 Å². The van der Waals surface area contributed by atoms with Crippen LogP contribution in [0, 0.1) is 23.7 Å². The summed E-state index contributed by atoms with van der Waals surface area (Å²) >= 11 is 0. The molecule has 0 bridgehead atoms. The zero-order valence-corrected chi connectivity index (χ0v) is 14.1. The second-order valence-electron chi connectivity index (χ2n) is 7.81. The van der Waals surface area contributed by atoms with Crippen LogP contribution in [0.15, 0.2) is 0 Å². The minimum absolute atomic E-state index is 0.279. The lowest BCUT2D eigenvalue weighted by Gasteiger charge is -2.45. The molecule has 2 rings (SSSR count). The van der Waals surface area contributed by atoms with E-state index < -0.39 is 0 Å². The van der Waals surface area contributed by atoms with E-state index in [-0.39, 0.29) is 5.92 Å². The van der Waals surface area contributed by atoms with Crippen LogP contribution in [0.4, 0.5) is 0 Å². The lowest BCUT2D eigenvalue weighted by molar-refractivity contribution is -0.146. The largest absolute Gasteiger partial charge is 0.337 e. The summed E-state index contributed by atoms with van der Waals surface area (Å²) in [5.41, 5.74) is 0. The Bertz CT molecular complexity index is 328. The fourth-order valence-corrected chi connectivity index (χ4v) is 4.53. The zero-order valence-electron chi connectivity index (χ0n) is 14.1. The predicted molar refractivity (Wildman–Crippen MR) is 84.5 cm³/mol. The van der Waals surface area contributed by atoms with Gasteiger partial charge in [0.05, 0.1) is 0 Å². The number of rotatable bonds is 2. The average molecular weight is 279 g/mol. The Morgan fingerprint density at radius 3 is 2.15 bits per heavy atom. The van der Waals surface area contributed by atoms with Crippen molar-refractivity contribution in [2.75, 3.05) is 0 Å². The first-order valence-electron chi connectivity index (χ1n) is 8.74. The lowest BCUT2D eigenvalue weighted by atomic mass is 9.69. The normalized spacial score (nSPS) is 39.1. The molecule has 1 saturated carbocycles. The van der Waals surface area contributed by atoms with Crippen LogP contribution < -0.4 is 0 Å². The summed E-state index contributed by atoms with van der Waals surface area (Å²) < 4.78 is 0. The zero-order chi connectivity index (χ0) is 14.9. The number of hydrogen-bond donors (Lipinski definition) is 0. The van der Waals surface area contributed by atoms with Crippen LogP contribution >= 0.6 is 0 Å². The van der Waals surface area contributed by atoms with Crippen LogP contribution in [-0.2, 0) is 4.79 Å². The summed E-state index contributed by atoms with van der Waals surface area (Å²) in [5.74, 6) is 2.69. The van der Waals surface area contributed by atoms with E-state index in [4.69, 9.17) is 0 Å². The van der Waals surface area contributed by atoms with Crippen molar-refractivity contribution in [2.45, 2.75) is 85.2 Å². The molecule has 5 atom stereocenters. The van der Waals surface area contributed by atoms with Crippen LogP contribution in [0.1, 0.15) is 73.1 Å². The van der Waals surface area contributed by atoms with E-state index >= 15 is 0 Å². The molecule has 1 saturated heterocycles. The fourth-order valence-electron chi connectivity index (χ4n) is 4.53. The lowest BCUT2D eigenvalue weighted by Crippen LogP contribution is -2.52. The van der Waals surface area contributed by atoms with Gasteiger partial charge in [0.1, 0.15) is 0 Å². The Kier molecular flexibility index (Phi) is 5.14. The number of nitrogens with zero attached hydrogens (tertiary/aromatic N) is 1. The van der Waals surface area contributed by atoms with E-state index in [1.807, 2.05) is 0 Å². The first-order valence-corrected chi connectivity index (χ1v) is 8.74. The van der Waals surface area contributed by atoms with Crippen molar-refractivity contribution in [3.05, 3.63) is 0 Å². The van der Waals surface area contributed by atoms with Gasteiger partial charge in [-0.15, -0.1) is 0 Å². The van der Waals surface area contributed by atoms with E-state index in [1.165, 1.54) is 32.1 Å². The molecule has 0 aromatic heterocycles. The first kappa shape index (κ1) is 15.9. The number of likely N-dealkylation sites (tertiary alicyclic amines) is 1. The van der Waals surface area contributed by atoms with Gasteiger partial charge in [0.25, 0.3) is 0 Å². The molecule has 1 aliphatic carbocycles. The van der Waals surface area contributed by atoms with Gasteiger partial charge in [-0.1, -0.05) is 27.2 Å². The molecule has 2 fully saturated rings. The Morgan fingerprint density at radius 2 is 1.60 bits per heavy atom. The monoisotopic (exact) mass is 279 g/mol.